The van der Waals surface area contributed by atoms with Gasteiger partial charge in [-0.05, 0) is 5.53 Å². The van der Waals surface area contributed by atoms with E-state index in [1.807, 2.05) is 0 Å². The number of nitrogens with zero attached hydrogens (tertiary/aromatic N) is 5. The molecule has 0 amide bonds. The molecule has 1 saturated heterocycles. The molecule has 4 atom stereocenters. The Bertz CT molecular complexity index is 704. The lowest BCUT2D eigenvalue weighted by molar-refractivity contribution is 0.0101. The van der Waals surface area contributed by atoms with Crippen LogP contribution in [0.4, 0.5) is 0 Å². The van der Waals surface area contributed by atoms with Gasteiger partial charge in [0.15, 0.2) is 0 Å². The molecule has 0 aromatic carbocycles. The minimum Gasteiger partial charge on any atom is -0.388 e. The lowest BCUT2D eigenvalue weighted by Crippen LogP contribution is -2.40. The van der Waals surface area contributed by atoms with Crippen LogP contribution in [-0.4, -0.2) is 44.2 Å². The van der Waals surface area contributed by atoms with E-state index < -0.39 is 35.7 Å². The molecule has 0 unspecified atom stereocenters. The predicted octanol–water partition coefficient (Wildman–Crippen LogP) is -1.44. The Labute approximate surface area is 118 Å². The Kier molecular flexibility index (Phi) is 4.14. The highest BCUT2D eigenvalue weighted by atomic mass is 16.5. The second kappa shape index (κ2) is 5.70. The largest absolute Gasteiger partial charge is 0.388 e. The van der Waals surface area contributed by atoms with Crippen molar-refractivity contribution in [3.63, 3.8) is 0 Å². The fourth-order valence-corrected chi connectivity index (χ4v) is 2.30. The maximum Gasteiger partial charge on any atom is 0.330 e. The molecule has 0 aliphatic carbocycles. The van der Waals surface area contributed by atoms with Gasteiger partial charge in [0.1, 0.15) is 18.3 Å². The summed E-state index contributed by atoms with van der Waals surface area (Å²) in [6.45, 7) is -0.169. The van der Waals surface area contributed by atoms with E-state index in [-0.39, 0.29) is 12.1 Å². The van der Waals surface area contributed by atoms with Gasteiger partial charge in [-0.3, -0.25) is 9.36 Å². The zero-order valence-corrected chi connectivity index (χ0v) is 11.4. The second-order valence-electron chi connectivity index (χ2n) is 4.83. The van der Waals surface area contributed by atoms with Crippen LogP contribution >= 0.6 is 0 Å². The molecule has 1 aromatic heterocycles. The van der Waals surface area contributed by atoms with Gasteiger partial charge in [0.2, 0.25) is 0 Å². The molecule has 10 heteroatoms. The van der Waals surface area contributed by atoms with Crippen LogP contribution in [-0.2, 0) is 18.8 Å². The van der Waals surface area contributed by atoms with E-state index in [0.29, 0.717) is 0 Å². The summed E-state index contributed by atoms with van der Waals surface area (Å²) < 4.78 is 7.48. The molecule has 1 aliphatic heterocycles. The van der Waals surface area contributed by atoms with Crippen molar-refractivity contribution in [1.82, 2.24) is 9.13 Å². The maximum atomic E-state index is 12.1. The van der Waals surface area contributed by atoms with Gasteiger partial charge in [0, 0.05) is 25.2 Å². The lowest BCUT2D eigenvalue weighted by atomic mass is 10.0. The summed E-state index contributed by atoms with van der Waals surface area (Å²) in [5.41, 5.74) is 7.20. The van der Waals surface area contributed by atoms with Crippen molar-refractivity contribution >= 4 is 0 Å². The summed E-state index contributed by atoms with van der Waals surface area (Å²) in [7, 11) is 2.77. The predicted molar refractivity (Wildman–Crippen MR) is 70.6 cm³/mol. The average Bonchev–Trinajstić information content (AvgIpc) is 2.74. The molecule has 0 bridgehead atoms. The van der Waals surface area contributed by atoms with Crippen molar-refractivity contribution in [3.05, 3.63) is 43.0 Å². The number of aliphatic hydroxyl groups excluding tert-OH is 2. The van der Waals surface area contributed by atoms with Crippen molar-refractivity contribution < 1.29 is 14.9 Å². The van der Waals surface area contributed by atoms with Gasteiger partial charge in [0.25, 0.3) is 5.56 Å². The highest BCUT2D eigenvalue weighted by Crippen LogP contribution is 2.31. The Morgan fingerprint density at radius 2 is 2.05 bits per heavy atom. The molecular formula is C11H15N5O5. The number of aliphatic hydroxyl groups is 2. The zero-order valence-electron chi connectivity index (χ0n) is 11.4. The Morgan fingerprint density at radius 1 is 1.38 bits per heavy atom. The third kappa shape index (κ3) is 2.57. The third-order valence-electron chi connectivity index (χ3n) is 3.47. The van der Waals surface area contributed by atoms with Gasteiger partial charge in [-0.25, -0.2) is 4.79 Å². The summed E-state index contributed by atoms with van der Waals surface area (Å²) in [6.07, 6.45) is -3.38. The molecule has 1 fully saturated rings. The lowest BCUT2D eigenvalue weighted by Gasteiger charge is -2.15. The van der Waals surface area contributed by atoms with Crippen molar-refractivity contribution in [3.8, 4) is 0 Å². The van der Waals surface area contributed by atoms with Crippen LogP contribution in [0.15, 0.2) is 20.9 Å². The van der Waals surface area contributed by atoms with E-state index in [2.05, 4.69) is 10.0 Å². The van der Waals surface area contributed by atoms with Crippen molar-refractivity contribution in [2.75, 3.05) is 6.54 Å². The molecule has 1 aromatic rings. The fourth-order valence-electron chi connectivity index (χ4n) is 2.30. The van der Waals surface area contributed by atoms with Gasteiger partial charge in [-0.2, -0.15) is 0 Å². The van der Waals surface area contributed by atoms with Crippen molar-refractivity contribution in [2.45, 2.75) is 24.4 Å². The summed E-state index contributed by atoms with van der Waals surface area (Å²) in [6, 6.07) is 0. The van der Waals surface area contributed by atoms with Crippen LogP contribution in [0.5, 0.6) is 0 Å². The summed E-state index contributed by atoms with van der Waals surface area (Å²) in [5.74, 6) is 0. The van der Waals surface area contributed by atoms with Crippen LogP contribution < -0.4 is 11.2 Å². The van der Waals surface area contributed by atoms with Crippen LogP contribution in [0.25, 0.3) is 10.4 Å². The van der Waals surface area contributed by atoms with Crippen molar-refractivity contribution in [2.24, 2.45) is 19.2 Å². The maximum absolute atomic E-state index is 12.1. The Balaban J connectivity index is 2.42. The Morgan fingerprint density at radius 3 is 2.67 bits per heavy atom. The zero-order chi connectivity index (χ0) is 15.7. The van der Waals surface area contributed by atoms with Crippen LogP contribution in [0, 0.1) is 0 Å². The first-order valence-electron chi connectivity index (χ1n) is 6.17. The molecule has 21 heavy (non-hydrogen) atoms. The standard InChI is InChI=1S/C11H15N5O5/c1-15-4-5(10(19)16(2)11(15)20)9-8(18)7(17)6(21-9)3-13-14-12/h4,6-9,17-18H,3H2,1-2H3/t6-,7-,8-,9+/m1/s1. The monoisotopic (exact) mass is 297 g/mol. The van der Waals surface area contributed by atoms with Crippen LogP contribution in [0.1, 0.15) is 11.7 Å². The molecule has 0 radical (unpaired) electrons. The number of aromatic nitrogens is 2. The second-order valence-corrected chi connectivity index (χ2v) is 4.83. The fraction of sp³-hybridized carbons (Fsp3) is 0.636. The summed E-state index contributed by atoms with van der Waals surface area (Å²) in [5, 5.41) is 23.2. The Hall–Kier alpha value is -2.13. The van der Waals surface area contributed by atoms with Gasteiger partial charge in [-0.1, -0.05) is 5.11 Å². The topological polar surface area (TPSA) is 142 Å². The molecule has 114 valence electrons. The van der Waals surface area contributed by atoms with Crippen LogP contribution in [0.2, 0.25) is 0 Å². The van der Waals surface area contributed by atoms with E-state index in [1.54, 1.807) is 0 Å². The smallest absolute Gasteiger partial charge is 0.330 e. The highest BCUT2D eigenvalue weighted by molar-refractivity contribution is 5.15. The minimum atomic E-state index is -1.35. The molecule has 2 rings (SSSR count). The third-order valence-corrected chi connectivity index (χ3v) is 3.47. The highest BCUT2D eigenvalue weighted by Gasteiger charge is 2.44. The first-order chi connectivity index (χ1) is 9.88. The van der Waals surface area contributed by atoms with E-state index in [1.165, 1.54) is 24.9 Å². The molecule has 10 nitrogen and oxygen atoms in total. The molecule has 2 heterocycles. The number of azide groups is 1. The number of rotatable bonds is 3. The van der Waals surface area contributed by atoms with Crippen molar-refractivity contribution in [1.29, 1.82) is 0 Å². The van der Waals surface area contributed by atoms with Gasteiger partial charge in [-0.15, -0.1) is 0 Å². The van der Waals surface area contributed by atoms with Crippen LogP contribution in [0.3, 0.4) is 0 Å². The molecule has 0 saturated carbocycles. The van der Waals surface area contributed by atoms with Gasteiger partial charge in [0.05, 0.1) is 18.2 Å². The molecule has 1 aliphatic rings. The van der Waals surface area contributed by atoms with E-state index >= 15 is 0 Å². The first kappa shape index (κ1) is 15.3. The first-order valence-corrected chi connectivity index (χ1v) is 6.17. The van der Waals surface area contributed by atoms with E-state index in [9.17, 15) is 19.8 Å². The number of aryl methyl sites for hydroxylation is 1. The average molecular weight is 297 g/mol. The quantitative estimate of drug-likeness (QED) is 0.399. The molecule has 0 spiro atoms. The number of hydrogen-bond donors (Lipinski definition) is 2. The summed E-state index contributed by atoms with van der Waals surface area (Å²) in [4.78, 5) is 26.3. The number of hydrogen-bond acceptors (Lipinski definition) is 6. The van der Waals surface area contributed by atoms with Gasteiger partial charge < -0.3 is 19.5 Å². The van der Waals surface area contributed by atoms with E-state index in [4.69, 9.17) is 10.3 Å². The number of ether oxygens (including phenoxy) is 1. The molecular weight excluding hydrogens is 282 g/mol. The normalized spacial score (nSPS) is 28.4. The summed E-state index contributed by atoms with van der Waals surface area (Å²) >= 11 is 0. The minimum absolute atomic E-state index is 0.0505. The molecule has 2 N–H and O–H groups in total. The van der Waals surface area contributed by atoms with E-state index in [0.717, 1.165) is 4.57 Å². The SMILES string of the molecule is Cn1cc([C@@H]2O[C@H](CN=[N+]=[N-])[C@@H](O)[C@H]2O)c(=O)n(C)c1=O. The van der Waals surface area contributed by atoms with Gasteiger partial charge >= 0.3 is 5.69 Å².